The summed E-state index contributed by atoms with van der Waals surface area (Å²) in [5.74, 6) is 0.575. The lowest BCUT2D eigenvalue weighted by molar-refractivity contribution is 0.0235. The predicted octanol–water partition coefficient (Wildman–Crippen LogP) is 5.72. The number of sulfone groups is 1. The molecular formula is C42H54FN5O5S. The molecule has 290 valence electrons. The number of rotatable bonds is 12. The van der Waals surface area contributed by atoms with Crippen molar-refractivity contribution in [3.63, 3.8) is 0 Å². The van der Waals surface area contributed by atoms with Crippen molar-refractivity contribution in [2.45, 2.75) is 66.2 Å². The lowest BCUT2D eigenvalue weighted by Crippen LogP contribution is -2.59. The van der Waals surface area contributed by atoms with Crippen molar-refractivity contribution in [3.8, 4) is 0 Å². The fraction of sp³-hybridized carbons (Fsp3) is 0.524. The lowest BCUT2D eigenvalue weighted by Gasteiger charge is -2.53. The van der Waals surface area contributed by atoms with E-state index in [9.17, 15) is 18.0 Å². The second-order valence-electron chi connectivity index (χ2n) is 15.7. The molecule has 0 bridgehead atoms. The molecule has 3 heterocycles. The van der Waals surface area contributed by atoms with E-state index in [0.29, 0.717) is 17.4 Å². The fourth-order valence-electron chi connectivity index (χ4n) is 9.85. The minimum Gasteiger partial charge on any atom is -0.453 e. The molecule has 4 aliphatic rings. The standard InChI is InChI=1S/C42H54FN5O5S/c1-44-40(49)31-10-14-36(15-11-31)54(51,52)37-16-12-35(13-17-37)48-25-18-30(28-48)27-46-23-19-32(20-24-46)42(29-47-21-5-22-47,33-6-3-7-34(43)26-33)38-8-4-9-39(38)45-41(50)53-2/h3,6-7,10-17,26,30,32,38-39H,4-5,8-9,18-25,27-29H2,1-2H3,(H,44,49)(H,45,50)/t30-,38-,39-,42?/m0/s1. The number of benzene rings is 3. The van der Waals surface area contributed by atoms with Gasteiger partial charge in [0.15, 0.2) is 0 Å². The van der Waals surface area contributed by atoms with E-state index in [1.165, 1.54) is 50.9 Å². The number of piperidine rings is 1. The van der Waals surface area contributed by atoms with Crippen LogP contribution in [0, 0.1) is 23.6 Å². The highest BCUT2D eigenvalue weighted by Crippen LogP contribution is 2.51. The number of carbonyl (C=O) groups is 2. The molecule has 12 heteroatoms. The largest absolute Gasteiger partial charge is 0.453 e. The summed E-state index contributed by atoms with van der Waals surface area (Å²) in [5, 5.41) is 5.73. The summed E-state index contributed by atoms with van der Waals surface area (Å²) in [6, 6.07) is 20.4. The van der Waals surface area contributed by atoms with Gasteiger partial charge in [-0.15, -0.1) is 0 Å². The number of alkyl carbamates (subject to hydrolysis) is 1. The van der Waals surface area contributed by atoms with E-state index in [-0.39, 0.29) is 38.9 Å². The Morgan fingerprint density at radius 3 is 2.19 bits per heavy atom. The maximum atomic E-state index is 15.0. The number of likely N-dealkylation sites (tertiary alicyclic amines) is 2. The van der Waals surface area contributed by atoms with Crippen LogP contribution in [0.1, 0.15) is 60.9 Å². The van der Waals surface area contributed by atoms with Gasteiger partial charge >= 0.3 is 6.09 Å². The van der Waals surface area contributed by atoms with Crippen LogP contribution in [0.15, 0.2) is 82.6 Å². The van der Waals surface area contributed by atoms with Crippen molar-refractivity contribution in [2.24, 2.45) is 17.8 Å². The molecule has 3 aromatic rings. The summed E-state index contributed by atoms with van der Waals surface area (Å²) >= 11 is 0. The van der Waals surface area contributed by atoms with E-state index < -0.39 is 15.9 Å². The van der Waals surface area contributed by atoms with Crippen molar-refractivity contribution in [2.75, 3.05) is 71.4 Å². The van der Waals surface area contributed by atoms with Crippen molar-refractivity contribution in [1.82, 2.24) is 20.4 Å². The molecule has 7 rings (SSSR count). The van der Waals surface area contributed by atoms with Crippen LogP contribution in [-0.2, 0) is 20.0 Å². The van der Waals surface area contributed by atoms with Crippen LogP contribution >= 0.6 is 0 Å². The Kier molecular flexibility index (Phi) is 11.6. The summed E-state index contributed by atoms with van der Waals surface area (Å²) in [4.78, 5) is 32.3. The highest BCUT2D eigenvalue weighted by atomic mass is 32.2. The van der Waals surface area contributed by atoms with Gasteiger partial charge in [-0.05, 0) is 149 Å². The maximum Gasteiger partial charge on any atom is 0.407 e. The third-order valence-electron chi connectivity index (χ3n) is 12.7. The molecule has 0 aromatic heterocycles. The molecule has 3 saturated heterocycles. The van der Waals surface area contributed by atoms with Crippen LogP contribution < -0.4 is 15.5 Å². The lowest BCUT2D eigenvalue weighted by atomic mass is 9.57. The Labute approximate surface area is 319 Å². The number of ether oxygens (including phenoxy) is 1. The summed E-state index contributed by atoms with van der Waals surface area (Å²) in [6.07, 6.45) is 6.83. The first-order valence-electron chi connectivity index (χ1n) is 19.6. The van der Waals surface area contributed by atoms with E-state index in [1.54, 1.807) is 18.2 Å². The Morgan fingerprint density at radius 2 is 1.56 bits per heavy atom. The van der Waals surface area contributed by atoms with Gasteiger partial charge in [-0.25, -0.2) is 17.6 Å². The number of anilines is 1. The first-order valence-corrected chi connectivity index (χ1v) is 21.1. The average molecular weight is 760 g/mol. The predicted molar refractivity (Wildman–Crippen MR) is 207 cm³/mol. The number of halogens is 1. The summed E-state index contributed by atoms with van der Waals surface area (Å²) in [7, 11) is -0.760. The minimum atomic E-state index is -3.72. The number of hydrogen-bond acceptors (Lipinski definition) is 8. The van der Waals surface area contributed by atoms with Crippen molar-refractivity contribution in [1.29, 1.82) is 0 Å². The molecule has 10 nitrogen and oxygen atoms in total. The maximum absolute atomic E-state index is 15.0. The number of amides is 2. The normalized spacial score (nSPS) is 23.8. The zero-order valence-electron chi connectivity index (χ0n) is 31.5. The molecule has 2 N–H and O–H groups in total. The third-order valence-corrected chi connectivity index (χ3v) is 14.5. The molecule has 54 heavy (non-hydrogen) atoms. The summed E-state index contributed by atoms with van der Waals surface area (Å²) < 4.78 is 46.7. The smallest absolute Gasteiger partial charge is 0.407 e. The Balaban J connectivity index is 1.01. The van der Waals surface area contributed by atoms with Crippen molar-refractivity contribution >= 4 is 27.5 Å². The van der Waals surface area contributed by atoms with Gasteiger partial charge < -0.3 is 30.1 Å². The number of carbonyl (C=O) groups excluding carboxylic acids is 2. The molecule has 0 radical (unpaired) electrons. The molecule has 1 unspecified atom stereocenters. The highest BCUT2D eigenvalue weighted by Gasteiger charge is 2.53. The molecule has 3 aliphatic heterocycles. The van der Waals surface area contributed by atoms with Crippen LogP contribution in [0.25, 0.3) is 0 Å². The van der Waals surface area contributed by atoms with Gasteiger partial charge in [0.25, 0.3) is 5.91 Å². The van der Waals surface area contributed by atoms with E-state index >= 15 is 4.39 Å². The second-order valence-corrected chi connectivity index (χ2v) is 17.7. The van der Waals surface area contributed by atoms with Crippen molar-refractivity contribution < 1.29 is 27.1 Å². The number of nitrogens with zero attached hydrogens (tertiary/aromatic N) is 3. The van der Waals surface area contributed by atoms with Gasteiger partial charge in [0.05, 0.1) is 16.9 Å². The fourth-order valence-corrected chi connectivity index (χ4v) is 11.1. The van der Waals surface area contributed by atoms with Crippen molar-refractivity contribution in [3.05, 3.63) is 89.7 Å². The first kappa shape index (κ1) is 38.3. The van der Waals surface area contributed by atoms with E-state index in [4.69, 9.17) is 4.74 Å². The molecule has 4 fully saturated rings. The molecule has 4 atom stereocenters. The SMILES string of the molecule is CNC(=O)c1ccc(S(=O)(=O)c2ccc(N3CC[C@@H](CN4CCC(C(CN5CCC5)(c5cccc(F)c5)[C@H]5CCC[C@@H]5NC(=O)OC)CC4)C3)cc2)cc1. The van der Waals surface area contributed by atoms with Gasteiger partial charge in [-0.2, -0.15) is 0 Å². The number of hydrogen-bond donors (Lipinski definition) is 2. The molecular weight excluding hydrogens is 706 g/mol. The van der Waals surface area contributed by atoms with Crippen LogP contribution in [0.2, 0.25) is 0 Å². The van der Waals surface area contributed by atoms with E-state index in [2.05, 4.69) is 31.4 Å². The molecule has 0 spiro atoms. The van der Waals surface area contributed by atoms with E-state index in [1.807, 2.05) is 18.2 Å². The molecule has 1 aliphatic carbocycles. The highest BCUT2D eigenvalue weighted by molar-refractivity contribution is 7.91. The van der Waals surface area contributed by atoms with Crippen LogP contribution in [-0.4, -0.2) is 103 Å². The van der Waals surface area contributed by atoms with Gasteiger partial charge in [0.1, 0.15) is 5.82 Å². The van der Waals surface area contributed by atoms with Gasteiger partial charge in [0.2, 0.25) is 9.84 Å². The van der Waals surface area contributed by atoms with Gasteiger partial charge in [0, 0.05) is 55.9 Å². The summed E-state index contributed by atoms with van der Waals surface area (Å²) in [5.41, 5.74) is 2.21. The van der Waals surface area contributed by atoms with Crippen LogP contribution in [0.4, 0.5) is 14.9 Å². The Bertz CT molecular complexity index is 1880. The topological polar surface area (TPSA) is 111 Å². The number of nitrogens with one attached hydrogen (secondary N) is 2. The van der Waals surface area contributed by atoms with Gasteiger partial charge in [-0.1, -0.05) is 18.6 Å². The first-order chi connectivity index (χ1) is 26.1. The second kappa shape index (κ2) is 16.4. The van der Waals surface area contributed by atoms with Crippen LogP contribution in [0.3, 0.4) is 0 Å². The minimum absolute atomic E-state index is 0.0134. The monoisotopic (exact) mass is 759 g/mol. The number of methoxy groups -OCH3 is 1. The zero-order chi connectivity index (χ0) is 37.9. The van der Waals surface area contributed by atoms with E-state index in [0.717, 1.165) is 102 Å². The molecule has 2 amide bonds. The summed E-state index contributed by atoms with van der Waals surface area (Å²) in [6.45, 7) is 7.81. The molecule has 1 saturated carbocycles. The molecule has 3 aromatic carbocycles. The van der Waals surface area contributed by atoms with Gasteiger partial charge in [-0.3, -0.25) is 4.79 Å². The average Bonchev–Trinajstić information content (AvgIpc) is 3.85. The van der Waals surface area contributed by atoms with Crippen LogP contribution in [0.5, 0.6) is 0 Å². The quantitative estimate of drug-likeness (QED) is 0.241. The third kappa shape index (κ3) is 7.88. The Hall–Kier alpha value is -4.00. The Morgan fingerprint density at radius 1 is 0.852 bits per heavy atom. The zero-order valence-corrected chi connectivity index (χ0v) is 32.3.